The number of amides is 1. The van der Waals surface area contributed by atoms with E-state index in [0.29, 0.717) is 30.4 Å². The Labute approximate surface area is 148 Å². The van der Waals surface area contributed by atoms with Crippen molar-refractivity contribution in [3.63, 3.8) is 0 Å². The van der Waals surface area contributed by atoms with Gasteiger partial charge in [-0.05, 0) is 49.4 Å². The van der Waals surface area contributed by atoms with E-state index < -0.39 is 11.6 Å². The van der Waals surface area contributed by atoms with Gasteiger partial charge in [0.15, 0.2) is 11.6 Å². The van der Waals surface area contributed by atoms with Gasteiger partial charge in [-0.2, -0.15) is 0 Å². The monoisotopic (exact) mass is 348 g/mol. The number of piperidine rings is 3. The molecule has 3 nitrogen and oxygen atoms in total. The largest absolute Gasteiger partial charge is 0.337 e. The number of hydrogen-bond donors (Lipinski definition) is 0. The maximum Gasteiger partial charge on any atom is 0.223 e. The molecule has 4 saturated heterocycles. The molecule has 0 unspecified atom stereocenters. The molecule has 25 heavy (non-hydrogen) atoms. The van der Waals surface area contributed by atoms with Gasteiger partial charge >= 0.3 is 0 Å². The van der Waals surface area contributed by atoms with Gasteiger partial charge in [0.25, 0.3) is 0 Å². The van der Waals surface area contributed by atoms with E-state index in [0.717, 1.165) is 25.9 Å². The fraction of sp³-hybridized carbons (Fsp3) is 0.650. The summed E-state index contributed by atoms with van der Waals surface area (Å²) in [4.78, 5) is 17.3. The van der Waals surface area contributed by atoms with Crippen molar-refractivity contribution in [3.8, 4) is 0 Å². The molecule has 4 fully saturated rings. The number of likely N-dealkylation sites (tertiary alicyclic amines) is 1. The van der Waals surface area contributed by atoms with Crippen LogP contribution in [0.25, 0.3) is 0 Å². The highest BCUT2D eigenvalue weighted by atomic mass is 19.2. The predicted octanol–water partition coefficient (Wildman–Crippen LogP) is 3.40. The summed E-state index contributed by atoms with van der Waals surface area (Å²) in [6.07, 6.45) is 2.73. The lowest BCUT2D eigenvalue weighted by molar-refractivity contribution is -0.136. The van der Waals surface area contributed by atoms with E-state index in [1.54, 1.807) is 12.1 Å². The molecule has 1 aromatic carbocycles. The molecule has 136 valence electrons. The summed E-state index contributed by atoms with van der Waals surface area (Å²) in [6, 6.07) is 4.72. The molecular weight excluding hydrogens is 322 g/mol. The number of fused-ring (bicyclic) bond motifs is 2. The second kappa shape index (κ2) is 6.35. The number of halogens is 2. The second-order valence-corrected chi connectivity index (χ2v) is 8.25. The van der Waals surface area contributed by atoms with Gasteiger partial charge in [-0.15, -0.1) is 0 Å². The molecule has 1 aromatic rings. The van der Waals surface area contributed by atoms with E-state index >= 15 is 0 Å². The molecule has 4 aliphatic heterocycles. The van der Waals surface area contributed by atoms with Crippen LogP contribution in [0.15, 0.2) is 18.2 Å². The minimum atomic E-state index is -0.794. The molecule has 0 saturated carbocycles. The molecule has 4 heterocycles. The molecule has 0 N–H and O–H groups in total. The Hall–Kier alpha value is -1.49. The van der Waals surface area contributed by atoms with Crippen LogP contribution in [-0.2, 0) is 4.79 Å². The first-order chi connectivity index (χ1) is 12.0. The van der Waals surface area contributed by atoms with Crippen LogP contribution in [0.5, 0.6) is 0 Å². The number of rotatable bonds is 3. The molecule has 1 amide bonds. The summed E-state index contributed by atoms with van der Waals surface area (Å²) in [7, 11) is 0. The van der Waals surface area contributed by atoms with Gasteiger partial charge < -0.3 is 4.90 Å². The van der Waals surface area contributed by atoms with Crippen LogP contribution in [-0.4, -0.2) is 47.4 Å². The van der Waals surface area contributed by atoms with Crippen LogP contribution in [0, 0.1) is 23.5 Å². The highest BCUT2D eigenvalue weighted by Crippen LogP contribution is 2.47. The summed E-state index contributed by atoms with van der Waals surface area (Å²) in [5.74, 6) is -0.716. The molecule has 3 atom stereocenters. The zero-order valence-electron chi connectivity index (χ0n) is 14.9. The minimum absolute atomic E-state index is 0.125. The first-order valence-electron chi connectivity index (χ1n) is 9.44. The smallest absolute Gasteiger partial charge is 0.223 e. The van der Waals surface area contributed by atoms with Crippen molar-refractivity contribution < 1.29 is 13.6 Å². The number of hydrogen-bond acceptors (Lipinski definition) is 2. The number of benzene rings is 1. The molecule has 5 rings (SSSR count). The van der Waals surface area contributed by atoms with E-state index in [1.807, 2.05) is 18.7 Å². The summed E-state index contributed by atoms with van der Waals surface area (Å²) < 4.78 is 28.3. The van der Waals surface area contributed by atoms with E-state index in [1.165, 1.54) is 6.07 Å². The lowest BCUT2D eigenvalue weighted by Gasteiger charge is -2.51. The van der Waals surface area contributed by atoms with Crippen LogP contribution in [0.1, 0.15) is 44.6 Å². The molecular formula is C20H26F2N2O. The summed E-state index contributed by atoms with van der Waals surface area (Å²) >= 11 is 0. The Balaban J connectivity index is 1.71. The van der Waals surface area contributed by atoms with Crippen LogP contribution in [0.4, 0.5) is 8.78 Å². The van der Waals surface area contributed by atoms with Crippen molar-refractivity contribution in [3.05, 3.63) is 35.4 Å². The molecule has 2 bridgehead atoms. The Bertz CT molecular complexity index is 670. The fourth-order valence-electron chi connectivity index (χ4n) is 5.25. The summed E-state index contributed by atoms with van der Waals surface area (Å²) in [5, 5.41) is 0. The summed E-state index contributed by atoms with van der Waals surface area (Å²) in [6.45, 7) is 6.61. The molecule has 0 spiro atoms. The average Bonchev–Trinajstić information content (AvgIpc) is 3.00. The first kappa shape index (κ1) is 17.0. The van der Waals surface area contributed by atoms with Gasteiger partial charge in [0, 0.05) is 24.9 Å². The Morgan fingerprint density at radius 1 is 1.20 bits per heavy atom. The number of nitrogens with zero attached hydrogens (tertiary/aromatic N) is 2. The van der Waals surface area contributed by atoms with Crippen molar-refractivity contribution in [1.29, 1.82) is 0 Å². The highest BCUT2D eigenvalue weighted by Gasteiger charge is 2.55. The maximum absolute atomic E-state index is 14.5. The standard InChI is InChI=1S/C20H26F2N2O/c1-12(2)10-17(25)24-11-15(14-4-3-5-16(21)18(14)22)20-19(24)13-6-8-23(20)9-7-13/h3-5,12-13,15,19-20H,6-11H2,1-2H3/t15-,19+,20+/m0/s1. The van der Waals surface area contributed by atoms with Gasteiger partial charge in [0.05, 0.1) is 6.04 Å². The quantitative estimate of drug-likeness (QED) is 0.836. The topological polar surface area (TPSA) is 23.6 Å². The fourth-order valence-corrected chi connectivity index (χ4v) is 5.25. The third-order valence-electron chi connectivity index (χ3n) is 6.28. The highest BCUT2D eigenvalue weighted by molar-refractivity contribution is 5.77. The van der Waals surface area contributed by atoms with Gasteiger partial charge in [-0.1, -0.05) is 26.0 Å². The third-order valence-corrected chi connectivity index (χ3v) is 6.28. The normalized spacial score (nSPS) is 33.8. The van der Waals surface area contributed by atoms with Gasteiger partial charge in [0.2, 0.25) is 5.91 Å². The van der Waals surface area contributed by atoms with E-state index in [-0.39, 0.29) is 23.9 Å². The molecule has 0 aromatic heterocycles. The number of carbonyl (C=O) groups is 1. The molecule has 4 aliphatic rings. The Morgan fingerprint density at radius 2 is 1.92 bits per heavy atom. The number of carbonyl (C=O) groups excluding carboxylic acids is 1. The lowest BCUT2D eigenvalue weighted by Crippen LogP contribution is -2.60. The summed E-state index contributed by atoms with van der Waals surface area (Å²) in [5.41, 5.74) is 0.433. The molecule has 0 aliphatic carbocycles. The van der Waals surface area contributed by atoms with Gasteiger partial charge in [-0.3, -0.25) is 9.69 Å². The van der Waals surface area contributed by atoms with Crippen molar-refractivity contribution in [1.82, 2.24) is 9.80 Å². The van der Waals surface area contributed by atoms with E-state index in [4.69, 9.17) is 0 Å². The van der Waals surface area contributed by atoms with Crippen LogP contribution < -0.4 is 0 Å². The van der Waals surface area contributed by atoms with Crippen molar-refractivity contribution in [2.45, 2.75) is 51.1 Å². The maximum atomic E-state index is 14.5. The minimum Gasteiger partial charge on any atom is -0.337 e. The Kier molecular flexibility index (Phi) is 4.30. The predicted molar refractivity (Wildman–Crippen MR) is 92.1 cm³/mol. The van der Waals surface area contributed by atoms with E-state index in [2.05, 4.69) is 4.90 Å². The van der Waals surface area contributed by atoms with Gasteiger partial charge in [0.1, 0.15) is 0 Å². The van der Waals surface area contributed by atoms with Crippen LogP contribution in [0.2, 0.25) is 0 Å². The van der Waals surface area contributed by atoms with Crippen molar-refractivity contribution >= 4 is 5.91 Å². The van der Waals surface area contributed by atoms with Crippen LogP contribution in [0.3, 0.4) is 0 Å². The molecule has 5 heteroatoms. The molecule has 0 radical (unpaired) electrons. The SMILES string of the molecule is CC(C)CC(=O)N1C[C@@H](c2cccc(F)c2F)[C@@H]2[C@H]1C1CCN2CC1. The van der Waals surface area contributed by atoms with E-state index in [9.17, 15) is 13.6 Å². The van der Waals surface area contributed by atoms with Crippen LogP contribution >= 0.6 is 0 Å². The van der Waals surface area contributed by atoms with Crippen molar-refractivity contribution in [2.24, 2.45) is 11.8 Å². The van der Waals surface area contributed by atoms with Gasteiger partial charge in [-0.25, -0.2) is 8.78 Å². The zero-order chi connectivity index (χ0) is 17.7. The third kappa shape index (κ3) is 2.77. The van der Waals surface area contributed by atoms with Crippen molar-refractivity contribution in [2.75, 3.05) is 19.6 Å². The lowest BCUT2D eigenvalue weighted by atomic mass is 9.75. The Morgan fingerprint density at radius 3 is 2.60 bits per heavy atom. The second-order valence-electron chi connectivity index (χ2n) is 8.25. The first-order valence-corrected chi connectivity index (χ1v) is 9.44. The zero-order valence-corrected chi connectivity index (χ0v) is 14.9. The average molecular weight is 348 g/mol.